The molecule has 0 spiro atoms. The Morgan fingerprint density at radius 2 is 2.10 bits per heavy atom. The maximum Gasteiger partial charge on any atom is 0.335 e. The molecule has 0 aromatic rings. The molecule has 0 radical (unpaired) electrons. The molecule has 0 amide bonds. The van der Waals surface area contributed by atoms with Gasteiger partial charge in [0, 0.05) is 13.1 Å². The fourth-order valence-electron chi connectivity index (χ4n) is 0.881. The largest absolute Gasteiger partial charge is 0.458 e. The average molecular weight is 142 g/mol. The van der Waals surface area contributed by atoms with Gasteiger partial charge in [0.05, 0.1) is 5.57 Å². The first kappa shape index (κ1) is 7.24. The van der Waals surface area contributed by atoms with E-state index in [1.807, 2.05) is 0 Å². The standard InChI is InChI=1S/C6H10N2O2/c7-1-4-3-10-6(9)5(4)2-8/h1-3,7-8H2. The van der Waals surface area contributed by atoms with Crippen molar-refractivity contribution in [2.24, 2.45) is 11.5 Å². The molecule has 0 bridgehead atoms. The summed E-state index contributed by atoms with van der Waals surface area (Å²) in [4.78, 5) is 10.8. The maximum absolute atomic E-state index is 10.8. The molecule has 0 fully saturated rings. The van der Waals surface area contributed by atoms with E-state index >= 15 is 0 Å². The molecule has 10 heavy (non-hydrogen) atoms. The second-order valence-corrected chi connectivity index (χ2v) is 2.07. The Labute approximate surface area is 58.8 Å². The van der Waals surface area contributed by atoms with Crippen molar-refractivity contribution in [1.82, 2.24) is 0 Å². The first-order chi connectivity index (χ1) is 4.79. The van der Waals surface area contributed by atoms with E-state index in [0.29, 0.717) is 18.7 Å². The smallest absolute Gasteiger partial charge is 0.335 e. The van der Waals surface area contributed by atoms with Crippen molar-refractivity contribution in [2.45, 2.75) is 0 Å². The molecule has 1 aliphatic heterocycles. The van der Waals surface area contributed by atoms with Gasteiger partial charge in [-0.1, -0.05) is 0 Å². The summed E-state index contributed by atoms with van der Waals surface area (Å²) in [7, 11) is 0. The van der Waals surface area contributed by atoms with Gasteiger partial charge in [0.2, 0.25) is 0 Å². The fourth-order valence-corrected chi connectivity index (χ4v) is 0.881. The molecule has 4 heteroatoms. The maximum atomic E-state index is 10.8. The van der Waals surface area contributed by atoms with Crippen molar-refractivity contribution in [3.8, 4) is 0 Å². The Bertz CT molecular complexity index is 186. The van der Waals surface area contributed by atoms with Crippen molar-refractivity contribution in [1.29, 1.82) is 0 Å². The lowest BCUT2D eigenvalue weighted by Crippen LogP contribution is -2.13. The minimum Gasteiger partial charge on any atom is -0.458 e. The molecule has 4 nitrogen and oxygen atoms in total. The van der Waals surface area contributed by atoms with Crippen molar-refractivity contribution in [3.05, 3.63) is 11.1 Å². The highest BCUT2D eigenvalue weighted by Crippen LogP contribution is 2.12. The van der Waals surface area contributed by atoms with Crippen LogP contribution in [0.5, 0.6) is 0 Å². The number of ether oxygens (including phenoxy) is 1. The zero-order valence-corrected chi connectivity index (χ0v) is 5.59. The Hall–Kier alpha value is -0.870. The zero-order chi connectivity index (χ0) is 7.56. The molecule has 0 atom stereocenters. The summed E-state index contributed by atoms with van der Waals surface area (Å²) in [6.07, 6.45) is 0. The number of hydrogen-bond donors (Lipinski definition) is 2. The monoisotopic (exact) mass is 142 g/mol. The van der Waals surface area contributed by atoms with Crippen LogP contribution in [0.4, 0.5) is 0 Å². The molecule has 0 saturated carbocycles. The van der Waals surface area contributed by atoms with E-state index in [0.717, 1.165) is 5.57 Å². The number of esters is 1. The Kier molecular flexibility index (Phi) is 2.03. The van der Waals surface area contributed by atoms with Gasteiger partial charge in [0.15, 0.2) is 0 Å². The van der Waals surface area contributed by atoms with E-state index in [4.69, 9.17) is 11.5 Å². The minimum absolute atomic E-state index is 0.228. The topological polar surface area (TPSA) is 78.3 Å². The van der Waals surface area contributed by atoms with Gasteiger partial charge in [0.1, 0.15) is 6.61 Å². The van der Waals surface area contributed by atoms with Crippen LogP contribution in [0.15, 0.2) is 11.1 Å². The third kappa shape index (κ3) is 1.03. The van der Waals surface area contributed by atoms with E-state index in [1.54, 1.807) is 0 Å². The van der Waals surface area contributed by atoms with E-state index in [1.165, 1.54) is 0 Å². The highest BCUT2D eigenvalue weighted by molar-refractivity contribution is 5.92. The van der Waals surface area contributed by atoms with Crippen LogP contribution in [0.2, 0.25) is 0 Å². The molecule has 1 heterocycles. The van der Waals surface area contributed by atoms with Crippen molar-refractivity contribution >= 4 is 5.97 Å². The van der Waals surface area contributed by atoms with E-state index in [-0.39, 0.29) is 12.5 Å². The minimum atomic E-state index is -0.317. The summed E-state index contributed by atoms with van der Waals surface area (Å²) < 4.78 is 4.69. The number of nitrogens with two attached hydrogens (primary N) is 2. The first-order valence-electron chi connectivity index (χ1n) is 3.07. The summed E-state index contributed by atoms with van der Waals surface area (Å²) >= 11 is 0. The molecule has 1 rings (SSSR count). The molecule has 0 aromatic carbocycles. The van der Waals surface area contributed by atoms with Crippen molar-refractivity contribution < 1.29 is 9.53 Å². The van der Waals surface area contributed by atoms with Crippen LogP contribution in [0.3, 0.4) is 0 Å². The summed E-state index contributed by atoms with van der Waals surface area (Å²) in [5.74, 6) is -0.317. The van der Waals surface area contributed by atoms with Gasteiger partial charge in [-0.3, -0.25) is 0 Å². The molecule has 4 N–H and O–H groups in total. The second kappa shape index (κ2) is 2.81. The van der Waals surface area contributed by atoms with Crippen LogP contribution in [0.1, 0.15) is 0 Å². The third-order valence-electron chi connectivity index (χ3n) is 1.50. The number of carbonyl (C=O) groups is 1. The average Bonchev–Trinajstić information content (AvgIpc) is 2.30. The van der Waals surface area contributed by atoms with Crippen molar-refractivity contribution in [3.63, 3.8) is 0 Å². The highest BCUT2D eigenvalue weighted by atomic mass is 16.5. The van der Waals surface area contributed by atoms with Gasteiger partial charge in [0.25, 0.3) is 0 Å². The van der Waals surface area contributed by atoms with Crippen molar-refractivity contribution in [2.75, 3.05) is 19.7 Å². The van der Waals surface area contributed by atoms with Gasteiger partial charge in [-0.2, -0.15) is 0 Å². The predicted octanol–water partition coefficient (Wildman–Crippen LogP) is -1.24. The van der Waals surface area contributed by atoms with Gasteiger partial charge < -0.3 is 16.2 Å². The molecule has 56 valence electrons. The number of hydrogen-bond acceptors (Lipinski definition) is 4. The quantitative estimate of drug-likeness (QED) is 0.472. The molecular formula is C6H10N2O2. The van der Waals surface area contributed by atoms with Gasteiger partial charge in [-0.05, 0) is 5.57 Å². The summed E-state index contributed by atoms with van der Waals surface area (Å²) in [5.41, 5.74) is 12.0. The summed E-state index contributed by atoms with van der Waals surface area (Å²) in [6.45, 7) is 0.908. The van der Waals surface area contributed by atoms with Crippen LogP contribution < -0.4 is 11.5 Å². The summed E-state index contributed by atoms with van der Waals surface area (Å²) in [5, 5.41) is 0. The van der Waals surface area contributed by atoms with Crippen LogP contribution >= 0.6 is 0 Å². The Balaban J connectivity index is 2.81. The Morgan fingerprint density at radius 3 is 2.50 bits per heavy atom. The molecular weight excluding hydrogens is 132 g/mol. The van der Waals surface area contributed by atoms with Crippen LogP contribution in [-0.4, -0.2) is 25.7 Å². The number of rotatable bonds is 2. The number of carbonyl (C=O) groups excluding carboxylic acids is 1. The molecule has 0 saturated heterocycles. The van der Waals surface area contributed by atoms with Gasteiger partial charge >= 0.3 is 5.97 Å². The molecule has 0 unspecified atom stereocenters. The van der Waals surface area contributed by atoms with E-state index in [9.17, 15) is 4.79 Å². The molecule has 0 aromatic heterocycles. The Morgan fingerprint density at radius 1 is 1.40 bits per heavy atom. The predicted molar refractivity (Wildman–Crippen MR) is 36.1 cm³/mol. The highest BCUT2D eigenvalue weighted by Gasteiger charge is 2.21. The number of cyclic esters (lactones) is 1. The lowest BCUT2D eigenvalue weighted by molar-refractivity contribution is -0.135. The lowest BCUT2D eigenvalue weighted by atomic mass is 10.1. The van der Waals surface area contributed by atoms with Crippen LogP contribution in [0, 0.1) is 0 Å². The SMILES string of the molecule is NCC1=C(CN)C(=O)OC1. The van der Waals surface area contributed by atoms with Crippen LogP contribution in [0.25, 0.3) is 0 Å². The second-order valence-electron chi connectivity index (χ2n) is 2.07. The van der Waals surface area contributed by atoms with Gasteiger partial charge in [-0.15, -0.1) is 0 Å². The summed E-state index contributed by atoms with van der Waals surface area (Å²) in [6, 6.07) is 0. The third-order valence-corrected chi connectivity index (χ3v) is 1.50. The normalized spacial score (nSPS) is 18.0. The fraction of sp³-hybridized carbons (Fsp3) is 0.500. The van der Waals surface area contributed by atoms with Crippen LogP contribution in [-0.2, 0) is 9.53 Å². The van der Waals surface area contributed by atoms with E-state index in [2.05, 4.69) is 4.74 Å². The zero-order valence-electron chi connectivity index (χ0n) is 5.59. The first-order valence-corrected chi connectivity index (χ1v) is 3.07. The molecule has 0 aliphatic carbocycles. The van der Waals surface area contributed by atoms with E-state index < -0.39 is 0 Å². The molecule has 1 aliphatic rings. The lowest BCUT2D eigenvalue weighted by Gasteiger charge is -1.93. The van der Waals surface area contributed by atoms with Gasteiger partial charge in [-0.25, -0.2) is 4.79 Å².